The van der Waals surface area contributed by atoms with E-state index in [0.29, 0.717) is 5.41 Å². The molecule has 1 aromatic rings. The molecular weight excluding hydrogens is 180 g/mol. The maximum atomic E-state index is 8.70. The second kappa shape index (κ2) is 3.13. The quantitative estimate of drug-likeness (QED) is 0.796. The lowest BCUT2D eigenvalue weighted by Gasteiger charge is -2.10. The summed E-state index contributed by atoms with van der Waals surface area (Å²) in [5.41, 5.74) is 5.93. The Hall–Kier alpha value is -0.850. The molecule has 3 heteroatoms. The van der Waals surface area contributed by atoms with Crippen molar-refractivity contribution in [3.05, 3.63) is 21.9 Å². The Morgan fingerprint density at radius 3 is 2.77 bits per heavy atom. The molecule has 1 aliphatic rings. The molecule has 0 amide bonds. The topological polar surface area (TPSA) is 49.8 Å². The Labute approximate surface area is 82.0 Å². The van der Waals surface area contributed by atoms with Crippen molar-refractivity contribution in [1.82, 2.24) is 0 Å². The monoisotopic (exact) mass is 192 g/mol. The number of thiophene rings is 1. The fraction of sp³-hybridized carbons (Fsp3) is 0.500. The smallest absolute Gasteiger partial charge is 0.110 e. The van der Waals surface area contributed by atoms with E-state index in [1.807, 2.05) is 6.07 Å². The van der Waals surface area contributed by atoms with Crippen LogP contribution in [0.1, 0.15) is 29.0 Å². The first-order chi connectivity index (χ1) is 6.30. The van der Waals surface area contributed by atoms with E-state index in [1.54, 1.807) is 11.3 Å². The summed E-state index contributed by atoms with van der Waals surface area (Å²) >= 11 is 1.63. The third-order valence-corrected chi connectivity index (χ3v) is 3.95. The average Bonchev–Trinajstić information content (AvgIpc) is 2.78. The summed E-state index contributed by atoms with van der Waals surface area (Å²) in [7, 11) is 0. The van der Waals surface area contributed by atoms with E-state index in [2.05, 4.69) is 12.1 Å². The van der Waals surface area contributed by atoms with E-state index in [9.17, 15) is 0 Å². The molecule has 2 N–H and O–H groups in total. The van der Waals surface area contributed by atoms with Gasteiger partial charge in [0.05, 0.1) is 0 Å². The summed E-state index contributed by atoms with van der Waals surface area (Å²) in [5.74, 6) is 0. The molecule has 13 heavy (non-hydrogen) atoms. The highest BCUT2D eigenvalue weighted by atomic mass is 32.1. The molecular formula is C10H12N2S. The first-order valence-corrected chi connectivity index (χ1v) is 5.33. The maximum absolute atomic E-state index is 8.70. The Balaban J connectivity index is 2.21. The van der Waals surface area contributed by atoms with Crippen LogP contribution in [-0.4, -0.2) is 6.54 Å². The number of hydrogen-bond donors (Lipinski definition) is 1. The maximum Gasteiger partial charge on any atom is 0.110 e. The average molecular weight is 192 g/mol. The number of hydrogen-bond acceptors (Lipinski definition) is 3. The minimum atomic E-state index is 0.356. The van der Waals surface area contributed by atoms with Crippen molar-refractivity contribution < 1.29 is 0 Å². The standard InChI is InChI=1S/C10H12N2S/c11-6-5-10(3-4-10)9-2-1-8(7-12)13-9/h1-2H,3-6,11H2. The van der Waals surface area contributed by atoms with Gasteiger partial charge in [0.15, 0.2) is 0 Å². The fourth-order valence-electron chi connectivity index (χ4n) is 1.73. The van der Waals surface area contributed by atoms with Crippen LogP contribution in [0.3, 0.4) is 0 Å². The molecule has 0 radical (unpaired) electrons. The van der Waals surface area contributed by atoms with Gasteiger partial charge in [-0.15, -0.1) is 11.3 Å². The Morgan fingerprint density at radius 2 is 2.31 bits per heavy atom. The van der Waals surface area contributed by atoms with Crippen molar-refractivity contribution in [2.75, 3.05) is 6.54 Å². The van der Waals surface area contributed by atoms with Crippen molar-refractivity contribution >= 4 is 11.3 Å². The zero-order chi connectivity index (χ0) is 9.31. The molecule has 1 saturated carbocycles. The summed E-state index contributed by atoms with van der Waals surface area (Å²) in [6.45, 7) is 0.750. The van der Waals surface area contributed by atoms with Crippen LogP contribution in [0.4, 0.5) is 0 Å². The summed E-state index contributed by atoms with van der Waals surface area (Å²) in [6, 6.07) is 6.18. The largest absolute Gasteiger partial charge is 0.330 e. The summed E-state index contributed by atoms with van der Waals surface area (Å²) in [4.78, 5) is 2.17. The van der Waals surface area contributed by atoms with E-state index in [0.717, 1.165) is 17.8 Å². The zero-order valence-corrected chi connectivity index (χ0v) is 8.23. The van der Waals surface area contributed by atoms with E-state index in [1.165, 1.54) is 17.7 Å². The van der Waals surface area contributed by atoms with Crippen molar-refractivity contribution in [1.29, 1.82) is 5.26 Å². The van der Waals surface area contributed by atoms with Crippen molar-refractivity contribution in [3.63, 3.8) is 0 Å². The molecule has 2 rings (SSSR count). The molecule has 0 aromatic carbocycles. The normalized spacial score (nSPS) is 18.2. The molecule has 1 aromatic heterocycles. The first-order valence-electron chi connectivity index (χ1n) is 4.51. The van der Waals surface area contributed by atoms with Gasteiger partial charge >= 0.3 is 0 Å². The molecule has 0 unspecified atom stereocenters. The molecule has 0 atom stereocenters. The minimum Gasteiger partial charge on any atom is -0.330 e. The molecule has 1 fully saturated rings. The molecule has 0 aliphatic heterocycles. The summed E-state index contributed by atoms with van der Waals surface area (Å²) in [5, 5.41) is 8.70. The molecule has 68 valence electrons. The number of nitriles is 1. The van der Waals surface area contributed by atoms with E-state index >= 15 is 0 Å². The summed E-state index contributed by atoms with van der Waals surface area (Å²) in [6.07, 6.45) is 3.56. The zero-order valence-electron chi connectivity index (χ0n) is 7.42. The van der Waals surface area contributed by atoms with Crippen molar-refractivity contribution in [3.8, 4) is 6.07 Å². The van der Waals surface area contributed by atoms with Crippen LogP contribution < -0.4 is 5.73 Å². The van der Waals surface area contributed by atoms with Crippen LogP contribution in [0.5, 0.6) is 0 Å². The Bertz CT molecular complexity index is 344. The number of rotatable bonds is 3. The second-order valence-corrected chi connectivity index (χ2v) is 4.68. The lowest BCUT2D eigenvalue weighted by Crippen LogP contribution is -2.11. The van der Waals surface area contributed by atoms with Crippen LogP contribution in [0, 0.1) is 11.3 Å². The molecule has 1 heterocycles. The molecule has 0 bridgehead atoms. The SMILES string of the molecule is N#Cc1ccc(C2(CCN)CC2)s1. The van der Waals surface area contributed by atoms with E-state index < -0.39 is 0 Å². The van der Waals surface area contributed by atoms with E-state index in [4.69, 9.17) is 11.0 Å². The lowest BCUT2D eigenvalue weighted by atomic mass is 10.0. The molecule has 0 saturated heterocycles. The number of nitrogens with two attached hydrogens (primary N) is 1. The van der Waals surface area contributed by atoms with E-state index in [-0.39, 0.29) is 0 Å². The van der Waals surface area contributed by atoms with Gasteiger partial charge < -0.3 is 5.73 Å². The van der Waals surface area contributed by atoms with Crippen molar-refractivity contribution in [2.24, 2.45) is 5.73 Å². The van der Waals surface area contributed by atoms with Crippen molar-refractivity contribution in [2.45, 2.75) is 24.7 Å². The highest BCUT2D eigenvalue weighted by Gasteiger charge is 2.44. The predicted molar refractivity (Wildman–Crippen MR) is 53.6 cm³/mol. The van der Waals surface area contributed by atoms with Gasteiger partial charge in [-0.05, 0) is 37.9 Å². The van der Waals surface area contributed by atoms with Gasteiger partial charge in [-0.2, -0.15) is 5.26 Å². The van der Waals surface area contributed by atoms with Crippen LogP contribution in [-0.2, 0) is 5.41 Å². The van der Waals surface area contributed by atoms with Crippen LogP contribution >= 0.6 is 11.3 Å². The predicted octanol–water partition coefficient (Wildman–Crippen LogP) is 2.00. The molecule has 1 aliphatic carbocycles. The Morgan fingerprint density at radius 1 is 1.54 bits per heavy atom. The van der Waals surface area contributed by atoms with Gasteiger partial charge in [-0.1, -0.05) is 0 Å². The molecule has 0 spiro atoms. The third-order valence-electron chi connectivity index (χ3n) is 2.72. The Kier molecular flexibility index (Phi) is 2.10. The minimum absolute atomic E-state index is 0.356. The van der Waals surface area contributed by atoms with Crippen LogP contribution in [0.2, 0.25) is 0 Å². The van der Waals surface area contributed by atoms with Gasteiger partial charge in [0.2, 0.25) is 0 Å². The van der Waals surface area contributed by atoms with Gasteiger partial charge in [0.25, 0.3) is 0 Å². The lowest BCUT2D eigenvalue weighted by molar-refractivity contribution is 0.641. The van der Waals surface area contributed by atoms with Gasteiger partial charge in [-0.3, -0.25) is 0 Å². The summed E-state index contributed by atoms with van der Waals surface area (Å²) < 4.78 is 0. The van der Waals surface area contributed by atoms with Gasteiger partial charge in [-0.25, -0.2) is 0 Å². The van der Waals surface area contributed by atoms with Crippen LogP contribution in [0.25, 0.3) is 0 Å². The van der Waals surface area contributed by atoms with Gasteiger partial charge in [0, 0.05) is 10.3 Å². The molecule has 2 nitrogen and oxygen atoms in total. The first kappa shape index (κ1) is 8.74. The highest BCUT2D eigenvalue weighted by molar-refractivity contribution is 7.12. The third kappa shape index (κ3) is 1.48. The second-order valence-electron chi connectivity index (χ2n) is 3.59. The number of nitrogens with zero attached hydrogens (tertiary/aromatic N) is 1. The van der Waals surface area contributed by atoms with Gasteiger partial charge in [0.1, 0.15) is 10.9 Å². The fourth-order valence-corrected chi connectivity index (χ4v) is 2.81. The van der Waals surface area contributed by atoms with Crippen LogP contribution in [0.15, 0.2) is 12.1 Å². The highest BCUT2D eigenvalue weighted by Crippen LogP contribution is 2.52.